The number of fused-ring (bicyclic) bond motifs is 2. The number of sulfonamides is 1. The predicted molar refractivity (Wildman–Crippen MR) is 152 cm³/mol. The van der Waals surface area contributed by atoms with Crippen LogP contribution in [-0.2, 0) is 21.9 Å². The Kier molecular flexibility index (Phi) is 7.37. The number of para-hydroxylation sites is 1. The van der Waals surface area contributed by atoms with Gasteiger partial charge in [0, 0.05) is 47.4 Å². The minimum absolute atomic E-state index is 0.262. The molecule has 1 aromatic heterocycles. The SMILES string of the molecule is CCC(C)C(C(=O)NNS(=O)(=O)c1ccc([N+](=O)[O-])cc1)N1C(=O)c2ccccc2C1c1cn(C)c2ccccc12. The number of aromatic nitrogens is 1. The molecule has 1 aliphatic rings. The van der Waals surface area contributed by atoms with Gasteiger partial charge in [0.05, 0.1) is 15.9 Å². The molecule has 11 nitrogen and oxygen atoms in total. The molecule has 3 unspecified atom stereocenters. The van der Waals surface area contributed by atoms with Crippen LogP contribution < -0.4 is 10.3 Å². The number of carbonyl (C=O) groups excluding carboxylic acids is 2. The monoisotopic (exact) mass is 575 g/mol. The Morgan fingerprint density at radius 1 is 1.02 bits per heavy atom. The number of amides is 2. The van der Waals surface area contributed by atoms with E-state index >= 15 is 0 Å². The topological polar surface area (TPSA) is 144 Å². The fourth-order valence-corrected chi connectivity index (χ4v) is 6.26. The molecule has 2 amide bonds. The number of non-ortho nitro benzene ring substituents is 1. The van der Waals surface area contributed by atoms with E-state index in [1.165, 1.54) is 0 Å². The lowest BCUT2D eigenvalue weighted by molar-refractivity contribution is -0.384. The highest BCUT2D eigenvalue weighted by Crippen LogP contribution is 2.44. The number of benzene rings is 3. The molecule has 0 radical (unpaired) electrons. The molecule has 2 heterocycles. The van der Waals surface area contributed by atoms with Crippen LogP contribution in [0.15, 0.2) is 83.9 Å². The standard InChI is InChI=1S/C29H29N5O6S/c1-4-18(2)26(28(35)30-31-41(39,40)20-15-13-19(14-16-20)34(37)38)33-27(22-10-5-6-11-23(22)29(33)36)24-17-32(3)25-12-8-7-9-21(24)25/h5-18,26-27,31H,4H2,1-3H3,(H,30,35). The Morgan fingerprint density at radius 2 is 1.68 bits per heavy atom. The summed E-state index contributed by atoms with van der Waals surface area (Å²) in [6.45, 7) is 3.73. The maximum atomic E-state index is 13.9. The predicted octanol–water partition coefficient (Wildman–Crippen LogP) is 4.06. The van der Waals surface area contributed by atoms with Gasteiger partial charge in [0.2, 0.25) is 0 Å². The summed E-state index contributed by atoms with van der Waals surface area (Å²) in [6, 6.07) is 17.7. The first-order valence-corrected chi connectivity index (χ1v) is 14.5. The van der Waals surface area contributed by atoms with Gasteiger partial charge in [0.15, 0.2) is 0 Å². The molecule has 0 bridgehead atoms. The molecule has 0 aliphatic carbocycles. The first-order valence-electron chi connectivity index (χ1n) is 13.1. The lowest BCUT2D eigenvalue weighted by Gasteiger charge is -2.36. The highest BCUT2D eigenvalue weighted by atomic mass is 32.2. The number of nitro benzene ring substituents is 1. The van der Waals surface area contributed by atoms with E-state index in [0.717, 1.165) is 46.3 Å². The Hall–Kier alpha value is -4.55. The summed E-state index contributed by atoms with van der Waals surface area (Å²) >= 11 is 0. The number of hydrogen-bond donors (Lipinski definition) is 2. The smallest absolute Gasteiger partial charge is 0.269 e. The van der Waals surface area contributed by atoms with Crippen LogP contribution in [0.3, 0.4) is 0 Å². The molecule has 5 rings (SSSR count). The van der Waals surface area contributed by atoms with Crippen LogP contribution in [0.25, 0.3) is 10.9 Å². The van der Waals surface area contributed by atoms with Crippen LogP contribution in [0.1, 0.15) is 47.8 Å². The van der Waals surface area contributed by atoms with E-state index in [-0.39, 0.29) is 22.4 Å². The minimum atomic E-state index is -4.26. The van der Waals surface area contributed by atoms with E-state index in [9.17, 15) is 28.1 Å². The summed E-state index contributed by atoms with van der Waals surface area (Å²) in [4.78, 5) is 41.4. The Bertz CT molecular complexity index is 1770. The summed E-state index contributed by atoms with van der Waals surface area (Å²) in [5.41, 5.74) is 5.11. The number of hydrogen-bond acceptors (Lipinski definition) is 6. The Labute approximate surface area is 236 Å². The fourth-order valence-electron chi connectivity index (χ4n) is 5.41. The number of rotatable bonds is 9. The number of carbonyl (C=O) groups is 2. The van der Waals surface area contributed by atoms with Crippen molar-refractivity contribution < 1.29 is 22.9 Å². The molecule has 2 N–H and O–H groups in total. The van der Waals surface area contributed by atoms with E-state index < -0.39 is 32.9 Å². The molecule has 0 saturated heterocycles. The largest absolute Gasteiger partial charge is 0.350 e. The molecule has 212 valence electrons. The number of nitro groups is 1. The minimum Gasteiger partial charge on any atom is -0.350 e. The molecule has 0 saturated carbocycles. The number of nitrogens with zero attached hydrogens (tertiary/aromatic N) is 3. The van der Waals surface area contributed by atoms with Crippen LogP contribution in [-0.4, -0.2) is 40.7 Å². The third kappa shape index (κ3) is 4.96. The van der Waals surface area contributed by atoms with Crippen molar-refractivity contribution in [3.8, 4) is 0 Å². The van der Waals surface area contributed by atoms with Gasteiger partial charge in [-0.15, -0.1) is 4.83 Å². The second kappa shape index (κ2) is 10.8. The van der Waals surface area contributed by atoms with Gasteiger partial charge in [-0.05, 0) is 35.7 Å². The average molecular weight is 576 g/mol. The van der Waals surface area contributed by atoms with E-state index in [0.29, 0.717) is 12.0 Å². The van der Waals surface area contributed by atoms with Gasteiger partial charge < -0.3 is 9.47 Å². The van der Waals surface area contributed by atoms with Gasteiger partial charge in [-0.2, -0.15) is 0 Å². The Balaban J connectivity index is 1.52. The van der Waals surface area contributed by atoms with Crippen molar-refractivity contribution in [3.05, 3.63) is 106 Å². The molecule has 0 spiro atoms. The summed E-state index contributed by atoms with van der Waals surface area (Å²) in [5.74, 6) is -1.36. The second-order valence-electron chi connectivity index (χ2n) is 10.1. The third-order valence-electron chi connectivity index (χ3n) is 7.64. The summed E-state index contributed by atoms with van der Waals surface area (Å²) in [7, 11) is -2.34. The zero-order valence-electron chi connectivity index (χ0n) is 22.6. The van der Waals surface area contributed by atoms with Crippen LogP contribution in [0.2, 0.25) is 0 Å². The van der Waals surface area contributed by atoms with E-state index in [2.05, 4.69) is 10.3 Å². The van der Waals surface area contributed by atoms with Gasteiger partial charge in [-0.1, -0.05) is 56.7 Å². The summed E-state index contributed by atoms with van der Waals surface area (Å²) < 4.78 is 27.8. The van der Waals surface area contributed by atoms with Crippen molar-refractivity contribution in [1.29, 1.82) is 0 Å². The van der Waals surface area contributed by atoms with Crippen molar-refractivity contribution in [2.75, 3.05) is 0 Å². The van der Waals surface area contributed by atoms with Crippen molar-refractivity contribution in [2.24, 2.45) is 13.0 Å². The third-order valence-corrected chi connectivity index (χ3v) is 8.90. The number of nitrogens with one attached hydrogen (secondary N) is 2. The molecule has 3 atom stereocenters. The molecular formula is C29H29N5O6S. The van der Waals surface area contributed by atoms with Gasteiger partial charge in [-0.25, -0.2) is 8.42 Å². The lowest BCUT2D eigenvalue weighted by Crippen LogP contribution is -2.55. The zero-order chi connectivity index (χ0) is 29.5. The quantitative estimate of drug-likeness (QED) is 0.228. The van der Waals surface area contributed by atoms with E-state index in [1.54, 1.807) is 17.0 Å². The van der Waals surface area contributed by atoms with Crippen LogP contribution in [0.4, 0.5) is 5.69 Å². The number of aryl methyl sites for hydroxylation is 1. The number of hydrazine groups is 1. The fraction of sp³-hybridized carbons (Fsp3) is 0.241. The molecule has 0 fully saturated rings. The average Bonchev–Trinajstić information content (AvgIpc) is 3.45. The van der Waals surface area contributed by atoms with Crippen LogP contribution in [0.5, 0.6) is 0 Å². The Morgan fingerprint density at radius 3 is 2.37 bits per heavy atom. The highest BCUT2D eigenvalue weighted by Gasteiger charge is 2.46. The van der Waals surface area contributed by atoms with Crippen LogP contribution >= 0.6 is 0 Å². The van der Waals surface area contributed by atoms with Crippen molar-refractivity contribution in [1.82, 2.24) is 19.7 Å². The van der Waals surface area contributed by atoms with Crippen molar-refractivity contribution >= 4 is 38.4 Å². The first-order chi connectivity index (χ1) is 19.5. The molecule has 3 aromatic carbocycles. The maximum absolute atomic E-state index is 13.9. The van der Waals surface area contributed by atoms with Gasteiger partial charge in [0.25, 0.3) is 27.5 Å². The summed E-state index contributed by atoms with van der Waals surface area (Å²) in [5, 5.41) is 11.9. The van der Waals surface area contributed by atoms with Crippen LogP contribution in [0, 0.1) is 16.0 Å². The molecule has 4 aromatic rings. The summed E-state index contributed by atoms with van der Waals surface area (Å²) in [6.07, 6.45) is 2.50. The van der Waals surface area contributed by atoms with Gasteiger partial charge in [0.1, 0.15) is 6.04 Å². The van der Waals surface area contributed by atoms with Gasteiger partial charge >= 0.3 is 0 Å². The molecule has 12 heteroatoms. The normalized spacial score (nSPS) is 16.4. The molecule has 41 heavy (non-hydrogen) atoms. The van der Waals surface area contributed by atoms with Gasteiger partial charge in [-0.3, -0.25) is 25.1 Å². The second-order valence-corrected chi connectivity index (χ2v) is 11.8. The zero-order valence-corrected chi connectivity index (χ0v) is 23.5. The van der Waals surface area contributed by atoms with Crippen molar-refractivity contribution in [2.45, 2.75) is 37.2 Å². The van der Waals surface area contributed by atoms with E-state index in [1.807, 2.05) is 68.1 Å². The first kappa shape index (κ1) is 28.0. The lowest BCUT2D eigenvalue weighted by atomic mass is 9.93. The van der Waals surface area contributed by atoms with Crippen molar-refractivity contribution in [3.63, 3.8) is 0 Å². The molecular weight excluding hydrogens is 546 g/mol. The van der Waals surface area contributed by atoms with E-state index in [4.69, 9.17) is 0 Å². The highest BCUT2D eigenvalue weighted by molar-refractivity contribution is 7.89. The molecule has 1 aliphatic heterocycles. The maximum Gasteiger partial charge on any atom is 0.269 e.